The van der Waals surface area contributed by atoms with Crippen molar-refractivity contribution in [2.24, 2.45) is 0 Å². The predicted molar refractivity (Wildman–Crippen MR) is 94.7 cm³/mol. The van der Waals surface area contributed by atoms with Gasteiger partial charge in [0.25, 0.3) is 0 Å². The van der Waals surface area contributed by atoms with E-state index < -0.39 is 6.10 Å². The highest BCUT2D eigenvalue weighted by Gasteiger charge is 2.23. The number of nitrogens with zero attached hydrogens (tertiary/aromatic N) is 1. The van der Waals surface area contributed by atoms with Gasteiger partial charge in [0, 0.05) is 19.6 Å². The molecular weight excluding hydrogens is 306 g/mol. The number of aryl methyl sites for hydroxylation is 2. The van der Waals surface area contributed by atoms with Crippen LogP contribution in [0.2, 0.25) is 0 Å². The molecular formula is C19H31NO4. The average Bonchev–Trinajstić information content (AvgIpc) is 2.49. The minimum absolute atomic E-state index is 0.216. The molecule has 1 N–H and O–H groups in total. The summed E-state index contributed by atoms with van der Waals surface area (Å²) in [7, 11) is 0. The van der Waals surface area contributed by atoms with E-state index in [0.29, 0.717) is 26.4 Å². The van der Waals surface area contributed by atoms with Crippen molar-refractivity contribution in [3.05, 3.63) is 29.3 Å². The first-order chi connectivity index (χ1) is 11.4. The number of benzene rings is 1. The molecule has 1 aliphatic heterocycles. The molecule has 5 heteroatoms. The zero-order valence-corrected chi connectivity index (χ0v) is 15.3. The summed E-state index contributed by atoms with van der Waals surface area (Å²) in [4.78, 5) is 2.23. The Kier molecular flexibility index (Phi) is 7.49. The van der Waals surface area contributed by atoms with Gasteiger partial charge in [-0.05, 0) is 51.0 Å². The van der Waals surface area contributed by atoms with Gasteiger partial charge in [-0.25, -0.2) is 0 Å². The Balaban J connectivity index is 1.59. The highest BCUT2D eigenvalue weighted by Crippen LogP contribution is 2.16. The molecule has 1 heterocycles. The van der Waals surface area contributed by atoms with E-state index in [1.165, 1.54) is 11.1 Å². The van der Waals surface area contributed by atoms with Crippen LogP contribution < -0.4 is 4.74 Å². The van der Waals surface area contributed by atoms with E-state index in [4.69, 9.17) is 14.2 Å². The second-order valence-corrected chi connectivity index (χ2v) is 6.80. The molecule has 0 spiro atoms. The van der Waals surface area contributed by atoms with E-state index in [9.17, 15) is 5.11 Å². The molecule has 1 saturated heterocycles. The van der Waals surface area contributed by atoms with Gasteiger partial charge >= 0.3 is 0 Å². The van der Waals surface area contributed by atoms with Gasteiger partial charge in [0.1, 0.15) is 12.4 Å². The molecule has 0 radical (unpaired) electrons. The molecule has 0 aliphatic carbocycles. The highest BCUT2D eigenvalue weighted by atomic mass is 16.5. The van der Waals surface area contributed by atoms with E-state index in [0.717, 1.165) is 18.8 Å². The normalized spacial score (nSPS) is 23.2. The summed E-state index contributed by atoms with van der Waals surface area (Å²) in [5, 5.41) is 10.1. The Bertz CT molecular complexity index is 498. The lowest BCUT2D eigenvalue weighted by atomic mass is 10.1. The van der Waals surface area contributed by atoms with Crippen molar-refractivity contribution in [2.45, 2.75) is 46.0 Å². The zero-order chi connectivity index (χ0) is 17.5. The van der Waals surface area contributed by atoms with Gasteiger partial charge in [0.05, 0.1) is 31.5 Å². The number of hydrogen-bond acceptors (Lipinski definition) is 5. The second kappa shape index (κ2) is 9.37. The van der Waals surface area contributed by atoms with E-state index in [1.807, 2.05) is 12.1 Å². The number of aliphatic hydroxyl groups is 1. The van der Waals surface area contributed by atoms with Gasteiger partial charge in [-0.2, -0.15) is 0 Å². The topological polar surface area (TPSA) is 51.2 Å². The molecule has 1 fully saturated rings. The SMILES string of the molecule is Cc1ccc(OCCOC[C@H](O)CN2C[C@@H](C)O[C@@H](C)C2)cc1C. The van der Waals surface area contributed by atoms with E-state index in [2.05, 4.69) is 38.7 Å². The minimum Gasteiger partial charge on any atom is -0.491 e. The zero-order valence-electron chi connectivity index (χ0n) is 15.3. The molecule has 1 aromatic carbocycles. The number of β-amino-alcohol motifs (C(OH)–C–C–N with tert-alkyl or cyclic N) is 1. The molecule has 24 heavy (non-hydrogen) atoms. The third kappa shape index (κ3) is 6.40. The highest BCUT2D eigenvalue weighted by molar-refractivity contribution is 5.33. The molecule has 136 valence electrons. The Labute approximate surface area is 145 Å². The Morgan fingerprint density at radius 3 is 2.54 bits per heavy atom. The number of aliphatic hydroxyl groups excluding tert-OH is 1. The van der Waals surface area contributed by atoms with Crippen LogP contribution in [0.5, 0.6) is 5.75 Å². The summed E-state index contributed by atoms with van der Waals surface area (Å²) in [5.74, 6) is 0.860. The Hall–Kier alpha value is -1.14. The van der Waals surface area contributed by atoms with Crippen LogP contribution in [0.4, 0.5) is 0 Å². The van der Waals surface area contributed by atoms with Gasteiger partial charge < -0.3 is 19.3 Å². The summed E-state index contributed by atoms with van der Waals surface area (Å²) >= 11 is 0. The molecule has 0 amide bonds. The first kappa shape index (κ1) is 19.2. The van der Waals surface area contributed by atoms with Crippen LogP contribution in [-0.2, 0) is 9.47 Å². The monoisotopic (exact) mass is 337 g/mol. The van der Waals surface area contributed by atoms with Crippen LogP contribution in [-0.4, -0.2) is 67.8 Å². The lowest BCUT2D eigenvalue weighted by Crippen LogP contribution is -2.48. The molecule has 0 saturated carbocycles. The van der Waals surface area contributed by atoms with Crippen molar-refractivity contribution < 1.29 is 19.3 Å². The van der Waals surface area contributed by atoms with Crippen molar-refractivity contribution in [3.8, 4) is 5.75 Å². The van der Waals surface area contributed by atoms with Gasteiger partial charge in [0.15, 0.2) is 0 Å². The fourth-order valence-electron chi connectivity index (χ4n) is 3.03. The van der Waals surface area contributed by atoms with Crippen LogP contribution in [0.15, 0.2) is 18.2 Å². The van der Waals surface area contributed by atoms with E-state index in [-0.39, 0.29) is 12.2 Å². The molecule has 3 atom stereocenters. The summed E-state index contributed by atoms with van der Waals surface area (Å²) in [6.45, 7) is 11.9. The number of ether oxygens (including phenoxy) is 3. The lowest BCUT2D eigenvalue weighted by Gasteiger charge is -2.36. The van der Waals surface area contributed by atoms with Crippen molar-refractivity contribution in [1.29, 1.82) is 0 Å². The third-order valence-corrected chi connectivity index (χ3v) is 4.25. The maximum absolute atomic E-state index is 10.1. The van der Waals surface area contributed by atoms with Crippen LogP contribution in [0, 0.1) is 13.8 Å². The maximum Gasteiger partial charge on any atom is 0.119 e. The molecule has 0 unspecified atom stereocenters. The lowest BCUT2D eigenvalue weighted by molar-refractivity contribution is -0.0824. The largest absolute Gasteiger partial charge is 0.491 e. The number of rotatable bonds is 8. The molecule has 1 aliphatic rings. The fraction of sp³-hybridized carbons (Fsp3) is 0.684. The van der Waals surface area contributed by atoms with E-state index in [1.54, 1.807) is 0 Å². The first-order valence-corrected chi connectivity index (χ1v) is 8.77. The van der Waals surface area contributed by atoms with Crippen molar-refractivity contribution in [2.75, 3.05) is 39.5 Å². The van der Waals surface area contributed by atoms with Crippen molar-refractivity contribution in [3.63, 3.8) is 0 Å². The standard InChI is InChI=1S/C19H31NO4/c1-14-5-6-19(9-15(14)2)23-8-7-22-13-18(21)12-20-10-16(3)24-17(4)11-20/h5-6,9,16-18,21H,7-8,10-13H2,1-4H3/t16-,17+,18-/m1/s1. The van der Waals surface area contributed by atoms with Crippen LogP contribution >= 0.6 is 0 Å². The summed E-state index contributed by atoms with van der Waals surface area (Å²) in [6.07, 6.45) is -0.0504. The number of morpholine rings is 1. The molecule has 5 nitrogen and oxygen atoms in total. The first-order valence-electron chi connectivity index (χ1n) is 8.77. The molecule has 2 rings (SSSR count). The van der Waals surface area contributed by atoms with Crippen LogP contribution in [0.3, 0.4) is 0 Å². The predicted octanol–water partition coefficient (Wildman–Crippen LogP) is 2.17. The summed E-state index contributed by atoms with van der Waals surface area (Å²) in [6, 6.07) is 6.06. The van der Waals surface area contributed by atoms with Gasteiger partial charge in [-0.3, -0.25) is 4.90 Å². The fourth-order valence-corrected chi connectivity index (χ4v) is 3.03. The molecule has 0 aromatic heterocycles. The minimum atomic E-state index is -0.482. The summed E-state index contributed by atoms with van der Waals surface area (Å²) < 4.78 is 16.9. The van der Waals surface area contributed by atoms with Crippen molar-refractivity contribution >= 4 is 0 Å². The van der Waals surface area contributed by atoms with Crippen LogP contribution in [0.25, 0.3) is 0 Å². The van der Waals surface area contributed by atoms with Gasteiger partial charge in [0.2, 0.25) is 0 Å². The van der Waals surface area contributed by atoms with E-state index >= 15 is 0 Å². The quantitative estimate of drug-likeness (QED) is 0.737. The van der Waals surface area contributed by atoms with Gasteiger partial charge in [-0.15, -0.1) is 0 Å². The van der Waals surface area contributed by atoms with Crippen molar-refractivity contribution in [1.82, 2.24) is 4.90 Å². The maximum atomic E-state index is 10.1. The average molecular weight is 337 g/mol. The summed E-state index contributed by atoms with van der Waals surface area (Å²) in [5.41, 5.74) is 2.48. The number of hydrogen-bond donors (Lipinski definition) is 1. The second-order valence-electron chi connectivity index (χ2n) is 6.80. The van der Waals surface area contributed by atoms with Crippen LogP contribution in [0.1, 0.15) is 25.0 Å². The Morgan fingerprint density at radius 1 is 1.17 bits per heavy atom. The molecule has 0 bridgehead atoms. The third-order valence-electron chi connectivity index (χ3n) is 4.25. The smallest absolute Gasteiger partial charge is 0.119 e. The Morgan fingerprint density at radius 2 is 1.88 bits per heavy atom. The molecule has 1 aromatic rings. The van der Waals surface area contributed by atoms with Gasteiger partial charge in [-0.1, -0.05) is 6.07 Å².